The fourth-order valence-electron chi connectivity index (χ4n) is 5.34. The van der Waals surface area contributed by atoms with Gasteiger partial charge in [-0.2, -0.15) is 21.9 Å². The number of β-amino-alcohol motifs (C(OH)–C–C–N with tert-alkyl or cyclic N) is 1. The Morgan fingerprint density at radius 1 is 1.13 bits per heavy atom. The van der Waals surface area contributed by atoms with Crippen LogP contribution in [0.25, 0.3) is 0 Å². The third kappa shape index (κ3) is 6.16. The van der Waals surface area contributed by atoms with Crippen LogP contribution in [0, 0.1) is 11.8 Å². The van der Waals surface area contributed by atoms with Crippen LogP contribution in [0.3, 0.4) is 0 Å². The summed E-state index contributed by atoms with van der Waals surface area (Å²) in [6.45, 7) is 7.13. The Morgan fingerprint density at radius 2 is 1.84 bits per heavy atom. The Bertz CT molecular complexity index is 1280. The van der Waals surface area contributed by atoms with Gasteiger partial charge in [0, 0.05) is 50.1 Å². The molecule has 2 N–H and O–H groups in total. The lowest BCUT2D eigenvalue weighted by molar-refractivity contribution is -0.127. The molecule has 2 aliphatic heterocycles. The highest BCUT2D eigenvalue weighted by Crippen LogP contribution is 2.45. The first kappa shape index (κ1) is 28.8. The van der Waals surface area contributed by atoms with E-state index in [1.165, 1.54) is 6.07 Å². The van der Waals surface area contributed by atoms with E-state index < -0.39 is 27.6 Å². The lowest BCUT2D eigenvalue weighted by atomic mass is 9.91. The third-order valence-electron chi connectivity index (χ3n) is 7.25. The van der Waals surface area contributed by atoms with Gasteiger partial charge in [0.2, 0.25) is 0 Å². The van der Waals surface area contributed by atoms with Crippen molar-refractivity contribution in [3.05, 3.63) is 41.4 Å². The highest BCUT2D eigenvalue weighted by Gasteiger charge is 2.54. The van der Waals surface area contributed by atoms with Crippen LogP contribution < -0.4 is 19.3 Å². The van der Waals surface area contributed by atoms with Crippen molar-refractivity contribution in [2.75, 3.05) is 36.0 Å². The monoisotopic (exact) mass is 582 g/mol. The van der Waals surface area contributed by atoms with Crippen LogP contribution in [0.2, 0.25) is 5.02 Å². The predicted molar refractivity (Wildman–Crippen MR) is 152 cm³/mol. The molecule has 2 saturated heterocycles. The summed E-state index contributed by atoms with van der Waals surface area (Å²) < 4.78 is 34.6. The quantitative estimate of drug-likeness (QED) is 0.511. The standard InChI is InChI=1S/C26H33ClN4O5S.H2S/c1-17-12-18(2)15-31(14-17)21-7-6-19(27)13-22(21)36-26(9-10-26)25(33)29-37(34,35)24-5-3-4-23(28-24)30-11-8-20(32)16-30;/h3-7,13,17-18,20,32H,8-12,14-16H2,1-2H3,(H,29,33);1H2/t17?,18?,20-;/m0./s1. The van der Waals surface area contributed by atoms with Gasteiger partial charge in [-0.05, 0) is 48.9 Å². The molecule has 9 nitrogen and oxygen atoms in total. The number of hydrogen-bond donors (Lipinski definition) is 2. The van der Waals surface area contributed by atoms with Crippen molar-refractivity contribution in [2.24, 2.45) is 11.8 Å². The Kier molecular flexibility index (Phi) is 8.42. The summed E-state index contributed by atoms with van der Waals surface area (Å²) in [7, 11) is -4.23. The second-order valence-electron chi connectivity index (χ2n) is 10.7. The predicted octanol–water partition coefficient (Wildman–Crippen LogP) is 3.32. The van der Waals surface area contributed by atoms with Gasteiger partial charge in [0.05, 0.1) is 11.8 Å². The number of hydrogen-bond acceptors (Lipinski definition) is 8. The van der Waals surface area contributed by atoms with Crippen LogP contribution in [0.4, 0.5) is 11.5 Å². The number of ether oxygens (including phenoxy) is 1. The smallest absolute Gasteiger partial charge is 0.281 e. The molecule has 2 unspecified atom stereocenters. The zero-order valence-electron chi connectivity index (χ0n) is 21.6. The van der Waals surface area contributed by atoms with E-state index in [1.807, 2.05) is 11.0 Å². The molecular weight excluding hydrogens is 548 g/mol. The number of nitrogens with zero attached hydrogens (tertiary/aromatic N) is 3. The number of carbonyl (C=O) groups excluding carboxylic acids is 1. The number of amides is 1. The van der Waals surface area contributed by atoms with E-state index >= 15 is 0 Å². The topological polar surface area (TPSA) is 112 Å². The van der Waals surface area contributed by atoms with Crippen LogP contribution in [-0.4, -0.2) is 62.3 Å². The minimum Gasteiger partial charge on any atom is -0.475 e. The van der Waals surface area contributed by atoms with Crippen molar-refractivity contribution in [3.8, 4) is 5.75 Å². The minimum atomic E-state index is -4.23. The first-order valence-corrected chi connectivity index (χ1v) is 14.6. The van der Waals surface area contributed by atoms with Crippen molar-refractivity contribution in [1.82, 2.24) is 9.71 Å². The Morgan fingerprint density at radius 3 is 2.47 bits per heavy atom. The van der Waals surface area contributed by atoms with Crippen molar-refractivity contribution in [2.45, 2.75) is 56.3 Å². The third-order valence-corrected chi connectivity index (χ3v) is 8.72. The molecule has 1 amide bonds. The van der Waals surface area contributed by atoms with Crippen molar-refractivity contribution < 1.29 is 23.1 Å². The summed E-state index contributed by atoms with van der Waals surface area (Å²) in [5.74, 6) is 1.23. The number of anilines is 2. The summed E-state index contributed by atoms with van der Waals surface area (Å²) >= 11 is 6.28. The summed E-state index contributed by atoms with van der Waals surface area (Å²) in [5, 5.41) is 10.0. The van der Waals surface area contributed by atoms with E-state index in [1.54, 1.807) is 24.3 Å². The number of nitrogens with one attached hydrogen (secondary N) is 1. The number of aliphatic hydroxyl groups excluding tert-OH is 1. The molecule has 1 aromatic carbocycles. The lowest BCUT2D eigenvalue weighted by Crippen LogP contribution is -2.44. The number of aromatic nitrogens is 1. The fourth-order valence-corrected chi connectivity index (χ4v) is 6.51. The first-order chi connectivity index (χ1) is 17.5. The van der Waals surface area contributed by atoms with Gasteiger partial charge in [0.15, 0.2) is 10.6 Å². The van der Waals surface area contributed by atoms with E-state index in [2.05, 4.69) is 28.5 Å². The molecular formula is C26H35ClN4O5S2. The molecule has 0 spiro atoms. The molecule has 12 heteroatoms. The van der Waals surface area contributed by atoms with Gasteiger partial charge in [0.25, 0.3) is 15.9 Å². The molecule has 5 rings (SSSR count). The van der Waals surface area contributed by atoms with Crippen LogP contribution in [0.15, 0.2) is 41.4 Å². The SMILES string of the molecule is CC1CC(C)CN(c2ccc(Cl)cc2OC2(C(=O)NS(=O)(=O)c3cccc(N4CC[C@H](O)C4)n3)CC2)C1.S. The summed E-state index contributed by atoms with van der Waals surface area (Å²) in [6.07, 6.45) is 2.06. The van der Waals surface area contributed by atoms with Gasteiger partial charge >= 0.3 is 0 Å². The lowest BCUT2D eigenvalue weighted by Gasteiger charge is -2.37. The second-order valence-corrected chi connectivity index (χ2v) is 12.8. The van der Waals surface area contributed by atoms with Gasteiger partial charge < -0.3 is 19.6 Å². The highest BCUT2D eigenvalue weighted by atomic mass is 35.5. The molecule has 3 fully saturated rings. The van der Waals surface area contributed by atoms with Crippen LogP contribution in [-0.2, 0) is 14.8 Å². The molecule has 2 aromatic rings. The molecule has 1 saturated carbocycles. The maximum absolute atomic E-state index is 13.2. The molecule has 0 bridgehead atoms. The van der Waals surface area contributed by atoms with Gasteiger partial charge in [-0.1, -0.05) is 31.5 Å². The van der Waals surface area contributed by atoms with E-state index in [0.29, 0.717) is 60.8 Å². The Balaban J connectivity index is 0.00000336. The number of carbonyl (C=O) groups is 1. The maximum Gasteiger partial charge on any atom is 0.281 e. The van der Waals surface area contributed by atoms with E-state index in [-0.39, 0.29) is 18.5 Å². The summed E-state index contributed by atoms with van der Waals surface area (Å²) in [5.41, 5.74) is -0.428. The first-order valence-electron chi connectivity index (χ1n) is 12.8. The number of pyridine rings is 1. The van der Waals surface area contributed by atoms with Crippen LogP contribution in [0.1, 0.15) is 39.5 Å². The van der Waals surface area contributed by atoms with Crippen LogP contribution in [0.5, 0.6) is 5.75 Å². The van der Waals surface area contributed by atoms with Crippen molar-refractivity contribution in [3.63, 3.8) is 0 Å². The van der Waals surface area contributed by atoms with Gasteiger partial charge in [-0.15, -0.1) is 0 Å². The molecule has 208 valence electrons. The number of piperidine rings is 1. The van der Waals surface area contributed by atoms with Gasteiger partial charge in [-0.25, -0.2) is 9.71 Å². The summed E-state index contributed by atoms with van der Waals surface area (Å²) in [4.78, 5) is 21.6. The second kappa shape index (κ2) is 11.1. The molecule has 38 heavy (non-hydrogen) atoms. The molecule has 3 aliphatic rings. The number of benzene rings is 1. The Hall–Kier alpha value is -2.21. The number of rotatable bonds is 7. The van der Waals surface area contributed by atoms with E-state index in [4.69, 9.17) is 16.3 Å². The van der Waals surface area contributed by atoms with E-state index in [0.717, 1.165) is 25.2 Å². The molecule has 1 aliphatic carbocycles. The minimum absolute atomic E-state index is 0. The van der Waals surface area contributed by atoms with Crippen LogP contribution >= 0.6 is 25.1 Å². The molecule has 1 aromatic heterocycles. The Labute approximate surface area is 236 Å². The maximum atomic E-state index is 13.2. The van der Waals surface area contributed by atoms with Crippen molar-refractivity contribution in [1.29, 1.82) is 0 Å². The average molecular weight is 583 g/mol. The molecule has 0 radical (unpaired) electrons. The molecule has 3 heterocycles. The van der Waals surface area contributed by atoms with Gasteiger partial charge in [-0.3, -0.25) is 4.79 Å². The number of sulfonamides is 1. The zero-order chi connectivity index (χ0) is 26.4. The highest BCUT2D eigenvalue weighted by molar-refractivity contribution is 7.90. The zero-order valence-corrected chi connectivity index (χ0v) is 24.1. The normalized spacial score (nSPS) is 24.5. The average Bonchev–Trinajstić information content (AvgIpc) is 3.49. The van der Waals surface area contributed by atoms with E-state index in [9.17, 15) is 18.3 Å². The van der Waals surface area contributed by atoms with Crippen molar-refractivity contribution >= 4 is 52.5 Å². The number of aliphatic hydroxyl groups is 1. The molecule has 3 atom stereocenters. The van der Waals surface area contributed by atoms with Gasteiger partial charge in [0.1, 0.15) is 11.6 Å². The number of halogens is 1. The largest absolute Gasteiger partial charge is 0.475 e. The fraction of sp³-hybridized carbons (Fsp3) is 0.538. The summed E-state index contributed by atoms with van der Waals surface area (Å²) in [6, 6.07) is 10.0.